The van der Waals surface area contributed by atoms with Crippen molar-refractivity contribution in [1.29, 1.82) is 0 Å². The highest BCUT2D eigenvalue weighted by molar-refractivity contribution is 4.80. The first-order chi connectivity index (χ1) is 4.15. The van der Waals surface area contributed by atoms with E-state index >= 15 is 0 Å². The lowest BCUT2D eigenvalue weighted by Gasteiger charge is -2.19. The molecule has 9 heavy (non-hydrogen) atoms. The van der Waals surface area contributed by atoms with Crippen LogP contribution in [0, 0.1) is 5.41 Å². The Labute approximate surface area is 53.0 Å². The summed E-state index contributed by atoms with van der Waals surface area (Å²) in [5, 5.41) is 0. The molecule has 1 nitrogen and oxygen atoms in total. The maximum Gasteiger partial charge on any atom is 0.246 e. The average molecular weight is 136 g/mol. The van der Waals surface area contributed by atoms with E-state index in [1.54, 1.807) is 6.92 Å². The highest BCUT2D eigenvalue weighted by atomic mass is 19.3. The minimum absolute atomic E-state index is 0.213. The van der Waals surface area contributed by atoms with Gasteiger partial charge in [-0.1, -0.05) is 6.92 Å². The van der Waals surface area contributed by atoms with Crippen LogP contribution in [0.5, 0.6) is 0 Å². The van der Waals surface area contributed by atoms with Gasteiger partial charge in [0.05, 0.1) is 12.0 Å². The molecule has 0 aliphatic carbocycles. The predicted molar refractivity (Wildman–Crippen MR) is 29.5 cm³/mol. The fraction of sp³-hybridized carbons (Fsp3) is 1.00. The van der Waals surface area contributed by atoms with Gasteiger partial charge < -0.3 is 4.74 Å². The van der Waals surface area contributed by atoms with Crippen LogP contribution >= 0.6 is 0 Å². The third-order valence-corrected chi connectivity index (χ3v) is 1.78. The van der Waals surface area contributed by atoms with Gasteiger partial charge in [-0.25, -0.2) is 8.78 Å². The predicted octanol–water partition coefficient (Wildman–Crippen LogP) is 1.68. The van der Waals surface area contributed by atoms with E-state index in [1.165, 1.54) is 0 Å². The van der Waals surface area contributed by atoms with Gasteiger partial charge in [-0.3, -0.25) is 0 Å². The fourth-order valence-corrected chi connectivity index (χ4v) is 0.855. The Bertz CT molecular complexity index is 97.2. The summed E-state index contributed by atoms with van der Waals surface area (Å²) < 4.78 is 28.9. The molecule has 54 valence electrons. The second-order valence-corrected chi connectivity index (χ2v) is 2.76. The van der Waals surface area contributed by atoms with Gasteiger partial charge in [-0.05, 0) is 6.42 Å². The fourth-order valence-electron chi connectivity index (χ4n) is 0.855. The van der Waals surface area contributed by atoms with E-state index in [1.807, 2.05) is 0 Å². The third-order valence-electron chi connectivity index (χ3n) is 1.78. The smallest absolute Gasteiger partial charge is 0.246 e. The van der Waals surface area contributed by atoms with Crippen molar-refractivity contribution >= 4 is 0 Å². The standard InChI is InChI=1S/C6H10F2O/c1-6(5(7)8)2-3-9-4-6/h5H,2-4H2,1H3. The van der Waals surface area contributed by atoms with Crippen LogP contribution in [0.4, 0.5) is 8.78 Å². The van der Waals surface area contributed by atoms with Crippen molar-refractivity contribution in [2.45, 2.75) is 19.8 Å². The summed E-state index contributed by atoms with van der Waals surface area (Å²) in [5.41, 5.74) is -0.861. The highest BCUT2D eigenvalue weighted by Gasteiger charge is 2.38. The molecule has 3 heteroatoms. The number of rotatable bonds is 1. The van der Waals surface area contributed by atoms with Crippen molar-refractivity contribution in [3.63, 3.8) is 0 Å². The van der Waals surface area contributed by atoms with Crippen LogP contribution in [-0.4, -0.2) is 19.6 Å². The van der Waals surface area contributed by atoms with Gasteiger partial charge in [0, 0.05) is 6.61 Å². The molecule has 0 N–H and O–H groups in total. The van der Waals surface area contributed by atoms with Crippen LogP contribution in [0.1, 0.15) is 13.3 Å². The van der Waals surface area contributed by atoms with Gasteiger partial charge in [-0.2, -0.15) is 0 Å². The monoisotopic (exact) mass is 136 g/mol. The molecule has 0 bridgehead atoms. The Hall–Kier alpha value is -0.180. The molecule has 1 aliphatic heterocycles. The molecule has 0 radical (unpaired) electrons. The van der Waals surface area contributed by atoms with Crippen LogP contribution in [0.3, 0.4) is 0 Å². The second kappa shape index (κ2) is 2.21. The number of halogens is 2. The van der Waals surface area contributed by atoms with Crippen molar-refractivity contribution < 1.29 is 13.5 Å². The van der Waals surface area contributed by atoms with Crippen LogP contribution in [0.2, 0.25) is 0 Å². The molecule has 0 aromatic heterocycles. The quantitative estimate of drug-likeness (QED) is 0.533. The SMILES string of the molecule is CC1(C(F)F)CCOC1. The Morgan fingerprint density at radius 1 is 1.56 bits per heavy atom. The molecule has 1 atom stereocenters. The normalized spacial score (nSPS) is 36.0. The summed E-state index contributed by atoms with van der Waals surface area (Å²) in [6.45, 7) is 2.26. The maximum atomic E-state index is 12.0. The van der Waals surface area contributed by atoms with E-state index in [9.17, 15) is 8.78 Å². The minimum Gasteiger partial charge on any atom is -0.381 e. The zero-order chi connectivity index (χ0) is 6.91. The molecule has 1 aliphatic rings. The van der Waals surface area contributed by atoms with Gasteiger partial charge in [0.1, 0.15) is 0 Å². The molecule has 0 spiro atoms. The van der Waals surface area contributed by atoms with Gasteiger partial charge in [0.25, 0.3) is 0 Å². The number of hydrogen-bond acceptors (Lipinski definition) is 1. The van der Waals surface area contributed by atoms with E-state index < -0.39 is 11.8 Å². The average Bonchev–Trinajstić information content (AvgIpc) is 2.16. The summed E-state index contributed by atoms with van der Waals surface area (Å²) in [6.07, 6.45) is -1.75. The lowest BCUT2D eigenvalue weighted by Crippen LogP contribution is -2.25. The van der Waals surface area contributed by atoms with Crippen LogP contribution in [0.25, 0.3) is 0 Å². The summed E-state index contributed by atoms with van der Waals surface area (Å²) in [5.74, 6) is 0. The molecule has 0 aromatic carbocycles. The van der Waals surface area contributed by atoms with Gasteiger partial charge in [0.15, 0.2) is 0 Å². The van der Waals surface area contributed by atoms with Crippen molar-refractivity contribution in [1.82, 2.24) is 0 Å². The Morgan fingerprint density at radius 2 is 2.22 bits per heavy atom. The molecule has 1 rings (SSSR count). The minimum atomic E-state index is -2.24. The molecule has 1 heterocycles. The van der Waals surface area contributed by atoms with E-state index in [4.69, 9.17) is 4.74 Å². The Balaban J connectivity index is 2.51. The maximum absolute atomic E-state index is 12.0. The lowest BCUT2D eigenvalue weighted by atomic mass is 9.91. The van der Waals surface area contributed by atoms with Gasteiger partial charge in [0.2, 0.25) is 6.43 Å². The van der Waals surface area contributed by atoms with E-state index in [2.05, 4.69) is 0 Å². The van der Waals surface area contributed by atoms with Crippen molar-refractivity contribution in [2.24, 2.45) is 5.41 Å². The van der Waals surface area contributed by atoms with Gasteiger partial charge >= 0.3 is 0 Å². The van der Waals surface area contributed by atoms with Crippen LogP contribution in [-0.2, 0) is 4.74 Å². The van der Waals surface area contributed by atoms with E-state index in [-0.39, 0.29) is 6.61 Å². The molecule has 1 unspecified atom stereocenters. The van der Waals surface area contributed by atoms with E-state index in [0.717, 1.165) is 0 Å². The topological polar surface area (TPSA) is 9.23 Å². The largest absolute Gasteiger partial charge is 0.381 e. The van der Waals surface area contributed by atoms with Crippen molar-refractivity contribution in [3.05, 3.63) is 0 Å². The first kappa shape index (κ1) is 6.93. The summed E-state index contributed by atoms with van der Waals surface area (Å²) in [4.78, 5) is 0. The summed E-state index contributed by atoms with van der Waals surface area (Å²) in [6, 6.07) is 0. The molecule has 1 fully saturated rings. The van der Waals surface area contributed by atoms with Crippen molar-refractivity contribution in [2.75, 3.05) is 13.2 Å². The molecule has 1 saturated heterocycles. The second-order valence-electron chi connectivity index (χ2n) is 2.76. The van der Waals surface area contributed by atoms with Gasteiger partial charge in [-0.15, -0.1) is 0 Å². The molecule has 0 aromatic rings. The summed E-state index contributed by atoms with van der Waals surface area (Å²) >= 11 is 0. The molecular weight excluding hydrogens is 126 g/mol. The number of ether oxygens (including phenoxy) is 1. The first-order valence-electron chi connectivity index (χ1n) is 3.01. The zero-order valence-corrected chi connectivity index (χ0v) is 5.36. The Kier molecular flexibility index (Phi) is 1.70. The van der Waals surface area contributed by atoms with E-state index in [0.29, 0.717) is 13.0 Å². The number of hydrogen-bond donors (Lipinski definition) is 0. The lowest BCUT2D eigenvalue weighted by molar-refractivity contribution is 0.000526. The zero-order valence-electron chi connectivity index (χ0n) is 5.36. The Morgan fingerprint density at radius 3 is 2.44 bits per heavy atom. The van der Waals surface area contributed by atoms with Crippen LogP contribution < -0.4 is 0 Å². The molecule has 0 amide bonds. The first-order valence-corrected chi connectivity index (χ1v) is 3.01. The summed E-state index contributed by atoms with van der Waals surface area (Å²) in [7, 11) is 0. The third kappa shape index (κ3) is 1.21. The van der Waals surface area contributed by atoms with Crippen molar-refractivity contribution in [3.8, 4) is 0 Å². The number of alkyl halides is 2. The highest BCUT2D eigenvalue weighted by Crippen LogP contribution is 2.33. The van der Waals surface area contributed by atoms with Crippen LogP contribution in [0.15, 0.2) is 0 Å². The molecular formula is C6H10F2O. The molecule has 0 saturated carbocycles.